The van der Waals surface area contributed by atoms with Gasteiger partial charge in [-0.15, -0.1) is 0 Å². The molecule has 2 N–H and O–H groups in total. The van der Waals surface area contributed by atoms with Crippen LogP contribution in [0.2, 0.25) is 0 Å². The minimum absolute atomic E-state index is 0.0256. The van der Waals surface area contributed by atoms with Crippen molar-refractivity contribution in [2.45, 2.75) is 104 Å². The van der Waals surface area contributed by atoms with E-state index < -0.39 is 8.15 Å². The third kappa shape index (κ3) is 10.4. The van der Waals surface area contributed by atoms with Gasteiger partial charge in [-0.1, -0.05) is 44.7 Å². The number of benzene rings is 2. The predicted octanol–water partition coefficient (Wildman–Crippen LogP) is 8.27. The van der Waals surface area contributed by atoms with E-state index in [1.165, 1.54) is 55.2 Å². The molecule has 3 rings (SSSR count). The molecule has 0 amide bonds. The molecule has 0 bridgehead atoms. The van der Waals surface area contributed by atoms with Crippen LogP contribution in [-0.4, -0.2) is 42.4 Å². The van der Waals surface area contributed by atoms with Crippen LogP contribution in [0.25, 0.3) is 0 Å². The molecule has 0 heterocycles. The van der Waals surface area contributed by atoms with Crippen LogP contribution in [0.5, 0.6) is 17.2 Å². The van der Waals surface area contributed by atoms with Crippen LogP contribution in [0.4, 0.5) is 0 Å². The van der Waals surface area contributed by atoms with E-state index in [-0.39, 0.29) is 11.3 Å². The van der Waals surface area contributed by atoms with Crippen molar-refractivity contribution in [1.29, 1.82) is 0 Å². The van der Waals surface area contributed by atoms with Crippen molar-refractivity contribution in [3.05, 3.63) is 53.1 Å². The molecular weight excluding hydrogens is 493 g/mol. The summed E-state index contributed by atoms with van der Waals surface area (Å²) in [5.41, 5.74) is 4.42. The Morgan fingerprint density at radius 1 is 0.947 bits per heavy atom. The Balaban J connectivity index is 1.49. The quantitative estimate of drug-likeness (QED) is 0.165. The maximum absolute atomic E-state index is 9.38. The number of rotatable bonds is 16. The number of hydrogen-bond acceptors (Lipinski definition) is 5. The number of aromatic hydroxyl groups is 1. The monoisotopic (exact) mass is 543 g/mol. The Hall–Kier alpha value is -1.81. The summed E-state index contributed by atoms with van der Waals surface area (Å²) >= 11 is 0. The first-order valence-electron chi connectivity index (χ1n) is 14.6. The van der Waals surface area contributed by atoms with E-state index in [1.54, 1.807) is 24.3 Å². The second-order valence-electron chi connectivity index (χ2n) is 11.4. The van der Waals surface area contributed by atoms with Gasteiger partial charge in [0.25, 0.3) is 0 Å². The van der Waals surface area contributed by atoms with E-state index in [0.717, 1.165) is 43.9 Å². The molecule has 6 heteroatoms. The smallest absolute Gasteiger partial charge is 0.132 e. The first-order valence-corrected chi connectivity index (χ1v) is 16.1. The summed E-state index contributed by atoms with van der Waals surface area (Å²) < 4.78 is 18.7. The maximum Gasteiger partial charge on any atom is 0.132 e. The highest BCUT2D eigenvalue weighted by molar-refractivity contribution is 7.53. The molecule has 0 spiro atoms. The van der Waals surface area contributed by atoms with Crippen LogP contribution < -0.4 is 14.8 Å². The fourth-order valence-electron chi connectivity index (χ4n) is 5.25. The Kier molecular flexibility index (Phi) is 12.7. The third-order valence-electron chi connectivity index (χ3n) is 7.27. The standard InChI is InChI=1S/C32H50NO4P/c1-6-7-20-37-38(30-12-9-8-10-13-30)24-36-31-25(2)21-27(22-26(31)3)23-32(4,5)33-18-11-19-35-29-16-14-28(34)15-17-29/h14-17,21-22,30,33-34H,6-13,18-20,23-24H2,1-5H3. The van der Waals surface area contributed by atoms with Gasteiger partial charge >= 0.3 is 0 Å². The van der Waals surface area contributed by atoms with Crippen LogP contribution in [0.15, 0.2) is 36.4 Å². The SMILES string of the molecule is CCCCOP(COc1c(C)cc(CC(C)(C)NCCCOc2ccc(O)cc2)cc1C)C1CCCCC1. The zero-order chi connectivity index (χ0) is 27.4. The maximum atomic E-state index is 9.38. The minimum atomic E-state index is -0.549. The lowest BCUT2D eigenvalue weighted by Crippen LogP contribution is -2.42. The van der Waals surface area contributed by atoms with Gasteiger partial charge in [0, 0.05) is 11.2 Å². The second-order valence-corrected chi connectivity index (χ2v) is 13.5. The van der Waals surface area contributed by atoms with Crippen LogP contribution in [0.3, 0.4) is 0 Å². The number of phenolic OH excluding ortho intramolecular Hbond substituents is 1. The molecule has 5 nitrogen and oxygen atoms in total. The highest BCUT2D eigenvalue weighted by Gasteiger charge is 2.26. The molecule has 1 aliphatic carbocycles. The molecule has 1 aliphatic rings. The van der Waals surface area contributed by atoms with Crippen LogP contribution >= 0.6 is 8.15 Å². The predicted molar refractivity (Wildman–Crippen MR) is 160 cm³/mol. The molecule has 38 heavy (non-hydrogen) atoms. The third-order valence-corrected chi connectivity index (χ3v) is 9.50. The number of nitrogens with one attached hydrogen (secondary N) is 1. The molecule has 212 valence electrons. The van der Waals surface area contributed by atoms with Crippen molar-refractivity contribution in [3.8, 4) is 17.2 Å². The fourth-order valence-corrected chi connectivity index (χ4v) is 7.30. The van der Waals surface area contributed by atoms with Crippen molar-refractivity contribution in [1.82, 2.24) is 5.32 Å². The first kappa shape index (κ1) is 30.7. The van der Waals surface area contributed by atoms with Gasteiger partial charge in [0.2, 0.25) is 0 Å². The molecule has 0 saturated heterocycles. The van der Waals surface area contributed by atoms with Gasteiger partial charge in [-0.2, -0.15) is 0 Å². The van der Waals surface area contributed by atoms with Gasteiger partial charge in [-0.25, -0.2) is 0 Å². The number of ether oxygens (including phenoxy) is 2. The van der Waals surface area contributed by atoms with Crippen molar-refractivity contribution in [3.63, 3.8) is 0 Å². The number of phenols is 1. The molecule has 1 unspecified atom stereocenters. The Bertz CT molecular complexity index is 933. The largest absolute Gasteiger partial charge is 0.508 e. The number of unbranched alkanes of at least 4 members (excludes halogenated alkanes) is 1. The summed E-state index contributed by atoms with van der Waals surface area (Å²) in [6, 6.07) is 11.5. The normalized spacial score (nSPS) is 15.4. The first-order chi connectivity index (χ1) is 18.3. The molecule has 0 aliphatic heterocycles. The average Bonchev–Trinajstić information content (AvgIpc) is 2.88. The average molecular weight is 544 g/mol. The highest BCUT2D eigenvalue weighted by atomic mass is 31.1. The molecule has 0 aromatic heterocycles. The molecule has 1 atom stereocenters. The topological polar surface area (TPSA) is 60.0 Å². The van der Waals surface area contributed by atoms with Crippen LogP contribution in [-0.2, 0) is 10.9 Å². The van der Waals surface area contributed by atoms with Gasteiger partial charge in [-0.3, -0.25) is 0 Å². The Morgan fingerprint density at radius 2 is 1.63 bits per heavy atom. The van der Waals surface area contributed by atoms with E-state index >= 15 is 0 Å². The molecule has 1 saturated carbocycles. The van der Waals surface area contributed by atoms with Gasteiger partial charge in [0.15, 0.2) is 0 Å². The summed E-state index contributed by atoms with van der Waals surface area (Å²) in [4.78, 5) is 0. The summed E-state index contributed by atoms with van der Waals surface area (Å²) in [6.45, 7) is 13.5. The van der Waals surface area contributed by atoms with Gasteiger partial charge in [0.05, 0.1) is 21.4 Å². The minimum Gasteiger partial charge on any atom is -0.508 e. The number of hydrogen-bond donors (Lipinski definition) is 2. The highest BCUT2D eigenvalue weighted by Crippen LogP contribution is 2.49. The lowest BCUT2D eigenvalue weighted by atomic mass is 9.92. The van der Waals surface area contributed by atoms with Crippen molar-refractivity contribution in [2.75, 3.05) is 26.1 Å². The Labute approximate surface area is 232 Å². The van der Waals surface area contributed by atoms with Gasteiger partial charge in [0.1, 0.15) is 23.6 Å². The zero-order valence-electron chi connectivity index (χ0n) is 24.4. The van der Waals surface area contributed by atoms with Gasteiger partial charge in [-0.05, 0) is 107 Å². The van der Waals surface area contributed by atoms with Crippen LogP contribution in [0, 0.1) is 13.8 Å². The van der Waals surface area contributed by atoms with Crippen molar-refractivity contribution in [2.24, 2.45) is 0 Å². The number of aryl methyl sites for hydroxylation is 2. The van der Waals surface area contributed by atoms with Crippen molar-refractivity contribution < 1.29 is 19.1 Å². The zero-order valence-corrected chi connectivity index (χ0v) is 25.2. The molecule has 1 fully saturated rings. The van der Waals surface area contributed by atoms with E-state index in [9.17, 15) is 5.11 Å². The second kappa shape index (κ2) is 15.7. The summed E-state index contributed by atoms with van der Waals surface area (Å²) in [5.74, 6) is 2.08. The molecule has 2 aromatic rings. The molecule has 2 aromatic carbocycles. The van der Waals surface area contributed by atoms with E-state index in [4.69, 9.17) is 14.0 Å². The van der Waals surface area contributed by atoms with Crippen molar-refractivity contribution >= 4 is 8.15 Å². The summed E-state index contributed by atoms with van der Waals surface area (Å²) in [6.07, 6.45) is 11.5. The lowest BCUT2D eigenvalue weighted by Gasteiger charge is -2.30. The fraction of sp³-hybridized carbons (Fsp3) is 0.625. The van der Waals surface area contributed by atoms with Crippen LogP contribution in [0.1, 0.15) is 88.8 Å². The Morgan fingerprint density at radius 3 is 2.29 bits per heavy atom. The van der Waals surface area contributed by atoms with E-state index in [1.807, 2.05) is 0 Å². The van der Waals surface area contributed by atoms with E-state index in [2.05, 4.69) is 52.1 Å². The van der Waals surface area contributed by atoms with E-state index in [0.29, 0.717) is 18.6 Å². The molecular formula is C32H50NO4P. The summed E-state index contributed by atoms with van der Waals surface area (Å²) in [5, 5.41) is 13.1. The lowest BCUT2D eigenvalue weighted by molar-refractivity contribution is 0.293. The summed E-state index contributed by atoms with van der Waals surface area (Å²) in [7, 11) is -0.549. The molecule has 0 radical (unpaired) electrons. The van der Waals surface area contributed by atoms with Gasteiger partial charge < -0.3 is 24.4 Å².